The minimum absolute atomic E-state index is 0. The summed E-state index contributed by atoms with van der Waals surface area (Å²) in [6.07, 6.45) is 5.36. The number of hydrogen-bond donors (Lipinski definition) is 2. The van der Waals surface area contributed by atoms with Crippen LogP contribution < -0.4 is 10.6 Å². The van der Waals surface area contributed by atoms with Gasteiger partial charge in [0.2, 0.25) is 0 Å². The van der Waals surface area contributed by atoms with Crippen molar-refractivity contribution >= 4 is 39.8 Å². The normalized spacial score (nSPS) is 22.2. The van der Waals surface area contributed by atoms with Gasteiger partial charge in [-0.05, 0) is 44.9 Å². The average molecular weight is 532 g/mol. The van der Waals surface area contributed by atoms with E-state index in [4.69, 9.17) is 9.73 Å². The monoisotopic (exact) mass is 531 g/mol. The Morgan fingerprint density at radius 3 is 2.29 bits per heavy atom. The van der Waals surface area contributed by atoms with E-state index in [-0.39, 0.29) is 40.6 Å². The highest BCUT2D eigenvalue weighted by Crippen LogP contribution is 2.48. The average Bonchev–Trinajstić information content (AvgIpc) is 2.58. The Morgan fingerprint density at radius 2 is 1.82 bits per heavy atom. The van der Waals surface area contributed by atoms with Crippen molar-refractivity contribution in [2.75, 3.05) is 31.7 Å². The van der Waals surface area contributed by atoms with Gasteiger partial charge in [-0.3, -0.25) is 4.99 Å². The molecule has 2 unspecified atom stereocenters. The lowest BCUT2D eigenvalue weighted by Crippen LogP contribution is -2.65. The Hall–Kier alpha value is -0.0900. The zero-order chi connectivity index (χ0) is 20.7. The van der Waals surface area contributed by atoms with Gasteiger partial charge in [-0.25, -0.2) is 8.42 Å². The van der Waals surface area contributed by atoms with E-state index in [9.17, 15) is 8.42 Å². The van der Waals surface area contributed by atoms with Gasteiger partial charge in [-0.2, -0.15) is 0 Å². The predicted molar refractivity (Wildman–Crippen MR) is 129 cm³/mol. The highest BCUT2D eigenvalue weighted by atomic mass is 127. The molecule has 1 aliphatic carbocycles. The van der Waals surface area contributed by atoms with Crippen LogP contribution >= 0.6 is 24.0 Å². The van der Waals surface area contributed by atoms with Crippen LogP contribution in [0.2, 0.25) is 0 Å². The Kier molecular flexibility index (Phi) is 11.9. The van der Waals surface area contributed by atoms with Crippen LogP contribution in [0.5, 0.6) is 0 Å². The summed E-state index contributed by atoms with van der Waals surface area (Å²) < 4.78 is 28.9. The molecule has 1 fully saturated rings. The second-order valence-electron chi connectivity index (χ2n) is 8.56. The Balaban J connectivity index is 0.00000729. The van der Waals surface area contributed by atoms with Crippen LogP contribution in [0.15, 0.2) is 4.99 Å². The Bertz CT molecular complexity index is 590. The van der Waals surface area contributed by atoms with Gasteiger partial charge >= 0.3 is 0 Å². The summed E-state index contributed by atoms with van der Waals surface area (Å²) in [6, 6.07) is 0.348. The van der Waals surface area contributed by atoms with E-state index in [1.54, 1.807) is 0 Å². The van der Waals surface area contributed by atoms with E-state index in [1.807, 2.05) is 0 Å². The third-order valence-corrected chi connectivity index (χ3v) is 6.89. The lowest BCUT2D eigenvalue weighted by molar-refractivity contribution is -0.133. The van der Waals surface area contributed by atoms with Crippen molar-refractivity contribution in [3.8, 4) is 0 Å². The number of rotatable bonds is 11. The van der Waals surface area contributed by atoms with Crippen LogP contribution in [0.3, 0.4) is 0 Å². The number of ether oxygens (including phenoxy) is 1. The summed E-state index contributed by atoms with van der Waals surface area (Å²) in [4.78, 5) is 4.77. The van der Waals surface area contributed by atoms with Crippen LogP contribution in [-0.4, -0.2) is 58.2 Å². The van der Waals surface area contributed by atoms with E-state index in [0.29, 0.717) is 25.1 Å². The first-order valence-electron chi connectivity index (χ1n) is 10.4. The lowest BCUT2D eigenvalue weighted by Gasteiger charge is -2.55. The molecule has 0 spiro atoms. The molecule has 28 heavy (non-hydrogen) atoms. The fourth-order valence-electron chi connectivity index (χ4n) is 3.90. The zero-order valence-electron chi connectivity index (χ0n) is 18.8. The second-order valence-corrected chi connectivity index (χ2v) is 10.8. The number of guanidine groups is 1. The second kappa shape index (κ2) is 11.9. The van der Waals surface area contributed by atoms with E-state index < -0.39 is 9.84 Å². The summed E-state index contributed by atoms with van der Waals surface area (Å²) in [5, 5.41) is 6.96. The van der Waals surface area contributed by atoms with Gasteiger partial charge in [0, 0.05) is 37.4 Å². The topological polar surface area (TPSA) is 79.8 Å². The summed E-state index contributed by atoms with van der Waals surface area (Å²) in [6.45, 7) is 14.9. The molecule has 1 aliphatic rings. The number of nitrogens with zero attached hydrogens (tertiary/aromatic N) is 1. The molecular weight excluding hydrogens is 489 g/mol. The molecule has 2 atom stereocenters. The van der Waals surface area contributed by atoms with Crippen molar-refractivity contribution in [1.29, 1.82) is 0 Å². The maximum atomic E-state index is 11.5. The SMILES string of the molecule is CCNC(=NCC(C)(C)CCS(C)(=O)=O)NC1CC(OCC)C1(CC)CC.I. The van der Waals surface area contributed by atoms with Gasteiger partial charge in [-0.15, -0.1) is 24.0 Å². The standard InChI is InChI=1S/C20H41N3O3S.HI/c1-8-20(9-2)16(14-17(20)26-11-4)23-18(21-10-3)22-15-19(5,6)12-13-27(7,24)25;/h16-17H,8-15H2,1-7H3,(H2,21,22,23);1H. The van der Waals surface area contributed by atoms with E-state index in [2.05, 4.69) is 52.2 Å². The fraction of sp³-hybridized carbons (Fsp3) is 0.950. The van der Waals surface area contributed by atoms with Crippen LogP contribution in [0.1, 0.15) is 67.2 Å². The van der Waals surface area contributed by atoms with Crippen LogP contribution in [0, 0.1) is 10.8 Å². The van der Waals surface area contributed by atoms with Gasteiger partial charge in [-0.1, -0.05) is 27.7 Å². The Labute approximate surface area is 190 Å². The molecule has 0 aliphatic heterocycles. The maximum Gasteiger partial charge on any atom is 0.191 e. The molecule has 0 saturated heterocycles. The van der Waals surface area contributed by atoms with E-state index in [0.717, 1.165) is 38.4 Å². The van der Waals surface area contributed by atoms with E-state index >= 15 is 0 Å². The number of nitrogens with one attached hydrogen (secondary N) is 2. The fourth-order valence-corrected chi connectivity index (χ4v) is 4.83. The van der Waals surface area contributed by atoms with Gasteiger partial charge in [0.25, 0.3) is 0 Å². The molecule has 0 aromatic heterocycles. The minimum Gasteiger partial charge on any atom is -0.378 e. The van der Waals surface area contributed by atoms with Gasteiger partial charge in [0.1, 0.15) is 9.84 Å². The molecule has 0 amide bonds. The molecule has 6 nitrogen and oxygen atoms in total. The molecule has 0 aromatic carbocycles. The number of hydrogen-bond acceptors (Lipinski definition) is 4. The molecule has 0 bridgehead atoms. The van der Waals surface area contributed by atoms with Crippen LogP contribution in [0.25, 0.3) is 0 Å². The van der Waals surface area contributed by atoms with Crippen LogP contribution in [-0.2, 0) is 14.6 Å². The molecule has 8 heteroatoms. The number of sulfone groups is 1. The first kappa shape index (κ1) is 27.9. The summed E-state index contributed by atoms with van der Waals surface area (Å²) >= 11 is 0. The Morgan fingerprint density at radius 1 is 1.21 bits per heavy atom. The number of halogens is 1. The minimum atomic E-state index is -2.95. The smallest absolute Gasteiger partial charge is 0.191 e. The van der Waals surface area contributed by atoms with Gasteiger partial charge < -0.3 is 15.4 Å². The highest BCUT2D eigenvalue weighted by molar-refractivity contribution is 14.0. The van der Waals surface area contributed by atoms with Crippen molar-refractivity contribution < 1.29 is 13.2 Å². The molecular formula is C20H42IN3O3S. The van der Waals surface area contributed by atoms with E-state index in [1.165, 1.54) is 6.26 Å². The summed E-state index contributed by atoms with van der Waals surface area (Å²) in [5.74, 6) is 1.02. The van der Waals surface area contributed by atoms with Crippen molar-refractivity contribution in [2.45, 2.75) is 79.4 Å². The first-order valence-corrected chi connectivity index (χ1v) is 12.4. The zero-order valence-corrected chi connectivity index (χ0v) is 21.9. The largest absolute Gasteiger partial charge is 0.378 e. The van der Waals surface area contributed by atoms with Crippen molar-refractivity contribution in [2.24, 2.45) is 15.8 Å². The lowest BCUT2D eigenvalue weighted by atomic mass is 9.58. The molecule has 2 N–H and O–H groups in total. The third kappa shape index (κ3) is 7.97. The number of aliphatic imine (C=N–C) groups is 1. The summed E-state index contributed by atoms with van der Waals surface area (Å²) in [5.41, 5.74) is -0.0104. The predicted octanol–water partition coefficient (Wildman–Crippen LogP) is 3.60. The third-order valence-electron chi connectivity index (χ3n) is 5.94. The van der Waals surface area contributed by atoms with Crippen molar-refractivity contribution in [3.05, 3.63) is 0 Å². The molecule has 0 aromatic rings. The highest BCUT2D eigenvalue weighted by Gasteiger charge is 2.53. The van der Waals surface area contributed by atoms with Crippen LogP contribution in [0.4, 0.5) is 0 Å². The molecule has 0 heterocycles. The summed E-state index contributed by atoms with van der Waals surface area (Å²) in [7, 11) is -2.95. The first-order chi connectivity index (χ1) is 12.5. The van der Waals surface area contributed by atoms with Gasteiger partial charge in [0.15, 0.2) is 5.96 Å². The molecule has 1 saturated carbocycles. The maximum absolute atomic E-state index is 11.5. The van der Waals surface area contributed by atoms with Gasteiger partial charge in [0.05, 0.1) is 11.9 Å². The molecule has 0 radical (unpaired) electrons. The quantitative estimate of drug-likeness (QED) is 0.242. The van der Waals surface area contributed by atoms with Crippen molar-refractivity contribution in [3.63, 3.8) is 0 Å². The molecule has 1 rings (SSSR count). The molecule has 168 valence electrons. The van der Waals surface area contributed by atoms with Crippen molar-refractivity contribution in [1.82, 2.24) is 10.6 Å².